The fraction of sp³-hybridized carbons (Fsp3) is 0.545. The lowest BCUT2D eigenvalue weighted by atomic mass is 9.75. The first kappa shape index (κ1) is 17.9. The highest BCUT2D eigenvalue weighted by Gasteiger charge is 2.55. The molecule has 3 atom stereocenters. The Labute approximate surface area is 164 Å². The summed E-state index contributed by atoms with van der Waals surface area (Å²) in [5.41, 5.74) is 1.51. The van der Waals surface area contributed by atoms with E-state index in [-0.39, 0.29) is 29.6 Å². The molecule has 1 amide bonds. The molecule has 5 nitrogen and oxygen atoms in total. The van der Waals surface area contributed by atoms with E-state index < -0.39 is 0 Å². The van der Waals surface area contributed by atoms with Gasteiger partial charge in [-0.3, -0.25) is 9.69 Å². The predicted molar refractivity (Wildman–Crippen MR) is 103 cm³/mol. The third-order valence-electron chi connectivity index (χ3n) is 6.87. The second-order valence-electron chi connectivity index (χ2n) is 8.74. The van der Waals surface area contributed by atoms with Gasteiger partial charge in [0.25, 0.3) is 5.91 Å². The van der Waals surface area contributed by atoms with Gasteiger partial charge in [-0.05, 0) is 49.5 Å². The Morgan fingerprint density at radius 2 is 1.89 bits per heavy atom. The number of likely N-dealkylation sites (tertiary alicyclic amines) is 1. The van der Waals surface area contributed by atoms with Gasteiger partial charge < -0.3 is 9.42 Å². The fourth-order valence-electron chi connectivity index (χ4n) is 5.47. The van der Waals surface area contributed by atoms with Crippen molar-refractivity contribution >= 4 is 5.91 Å². The first-order valence-electron chi connectivity index (χ1n) is 10.3. The van der Waals surface area contributed by atoms with Gasteiger partial charge in [0.15, 0.2) is 5.69 Å². The number of hydrogen-bond acceptors (Lipinski definition) is 4. The maximum atomic E-state index is 13.5. The van der Waals surface area contributed by atoms with Gasteiger partial charge >= 0.3 is 0 Å². The average molecular weight is 383 g/mol. The number of benzene rings is 1. The number of carbonyl (C=O) groups excluding carboxylic acids is 1. The molecule has 1 aromatic carbocycles. The lowest BCUT2D eigenvalue weighted by Crippen LogP contribution is -2.60. The van der Waals surface area contributed by atoms with Gasteiger partial charge in [0.1, 0.15) is 11.6 Å². The molecule has 5 heterocycles. The number of aromatic nitrogens is 1. The molecule has 6 rings (SSSR count). The molecule has 0 saturated carbocycles. The summed E-state index contributed by atoms with van der Waals surface area (Å²) < 4.78 is 18.8. The molecule has 28 heavy (non-hydrogen) atoms. The Morgan fingerprint density at radius 3 is 2.54 bits per heavy atom. The number of carbonyl (C=O) groups is 1. The summed E-state index contributed by atoms with van der Waals surface area (Å²) in [4.78, 5) is 17.9. The van der Waals surface area contributed by atoms with Crippen LogP contribution in [-0.2, 0) is 0 Å². The van der Waals surface area contributed by atoms with Gasteiger partial charge in [0.2, 0.25) is 0 Å². The van der Waals surface area contributed by atoms with E-state index in [0.29, 0.717) is 24.2 Å². The van der Waals surface area contributed by atoms with Crippen LogP contribution >= 0.6 is 0 Å². The molecule has 0 radical (unpaired) electrons. The summed E-state index contributed by atoms with van der Waals surface area (Å²) in [6.07, 6.45) is 2.27. The minimum atomic E-state index is -0.222. The quantitative estimate of drug-likeness (QED) is 0.812. The molecule has 2 bridgehead atoms. The second kappa shape index (κ2) is 6.69. The topological polar surface area (TPSA) is 49.6 Å². The first-order chi connectivity index (χ1) is 13.5. The molecule has 0 N–H and O–H groups in total. The molecule has 1 aromatic heterocycles. The summed E-state index contributed by atoms with van der Waals surface area (Å²) >= 11 is 0. The van der Waals surface area contributed by atoms with E-state index in [4.69, 9.17) is 4.52 Å². The lowest BCUT2D eigenvalue weighted by molar-refractivity contribution is -0.00369. The molecule has 6 heteroatoms. The summed E-state index contributed by atoms with van der Waals surface area (Å²) in [5, 5.41) is 4.06. The van der Waals surface area contributed by atoms with Crippen LogP contribution in [0.2, 0.25) is 0 Å². The molecule has 4 saturated heterocycles. The number of nitrogens with zero attached hydrogens (tertiary/aromatic N) is 3. The van der Waals surface area contributed by atoms with Crippen LogP contribution in [0.25, 0.3) is 0 Å². The molecule has 0 spiro atoms. The zero-order chi connectivity index (χ0) is 19.4. The third-order valence-corrected chi connectivity index (χ3v) is 6.87. The van der Waals surface area contributed by atoms with Crippen molar-refractivity contribution in [3.05, 3.63) is 53.2 Å². The Kier molecular flexibility index (Phi) is 4.27. The number of amides is 1. The highest BCUT2D eigenvalue weighted by Crippen LogP contribution is 2.47. The number of fused-ring (bicyclic) bond motifs is 2. The SMILES string of the molecule is CC(C)c1cc(C(=O)N2C[C@@H](c3ccc(F)cc3)[C@@H]3[C@H]2C2CCN3CC2)no1. The minimum Gasteiger partial charge on any atom is -0.360 e. The van der Waals surface area contributed by atoms with E-state index in [1.165, 1.54) is 12.1 Å². The van der Waals surface area contributed by atoms with Gasteiger partial charge in [-0.15, -0.1) is 0 Å². The van der Waals surface area contributed by atoms with Crippen LogP contribution in [0.3, 0.4) is 0 Å². The van der Waals surface area contributed by atoms with E-state index in [1.807, 2.05) is 30.9 Å². The van der Waals surface area contributed by atoms with Crippen molar-refractivity contribution in [2.45, 2.75) is 50.6 Å². The van der Waals surface area contributed by atoms with Gasteiger partial charge in [-0.2, -0.15) is 0 Å². The summed E-state index contributed by atoms with van der Waals surface area (Å²) in [6, 6.07) is 9.09. The van der Waals surface area contributed by atoms with Gasteiger partial charge in [-0.1, -0.05) is 31.1 Å². The Morgan fingerprint density at radius 1 is 1.18 bits per heavy atom. The summed E-state index contributed by atoms with van der Waals surface area (Å²) in [6.45, 7) is 6.88. The lowest BCUT2D eigenvalue weighted by Gasteiger charge is -2.51. The van der Waals surface area contributed by atoms with E-state index in [2.05, 4.69) is 10.1 Å². The van der Waals surface area contributed by atoms with Crippen LogP contribution < -0.4 is 0 Å². The number of piperidine rings is 3. The first-order valence-corrected chi connectivity index (χ1v) is 10.3. The van der Waals surface area contributed by atoms with Crippen molar-refractivity contribution < 1.29 is 13.7 Å². The maximum Gasteiger partial charge on any atom is 0.276 e. The molecule has 2 aromatic rings. The molecular formula is C22H26FN3O2. The molecule has 0 unspecified atom stereocenters. The highest BCUT2D eigenvalue weighted by atomic mass is 19.1. The molecular weight excluding hydrogens is 357 g/mol. The Hall–Kier alpha value is -2.21. The average Bonchev–Trinajstić information content (AvgIpc) is 3.36. The van der Waals surface area contributed by atoms with E-state index in [0.717, 1.165) is 37.3 Å². The summed E-state index contributed by atoms with van der Waals surface area (Å²) in [5.74, 6) is 1.41. The third kappa shape index (κ3) is 2.77. The monoisotopic (exact) mass is 383 g/mol. The van der Waals surface area contributed by atoms with Crippen molar-refractivity contribution in [2.24, 2.45) is 5.92 Å². The van der Waals surface area contributed by atoms with Crippen LogP contribution in [-0.4, -0.2) is 52.6 Å². The van der Waals surface area contributed by atoms with Gasteiger partial charge in [-0.25, -0.2) is 4.39 Å². The van der Waals surface area contributed by atoms with E-state index in [1.54, 1.807) is 6.07 Å². The zero-order valence-corrected chi connectivity index (χ0v) is 16.3. The maximum absolute atomic E-state index is 13.5. The largest absolute Gasteiger partial charge is 0.360 e. The van der Waals surface area contributed by atoms with Crippen LogP contribution in [0.5, 0.6) is 0 Å². The number of rotatable bonds is 3. The van der Waals surface area contributed by atoms with E-state index in [9.17, 15) is 9.18 Å². The van der Waals surface area contributed by atoms with E-state index >= 15 is 0 Å². The summed E-state index contributed by atoms with van der Waals surface area (Å²) in [7, 11) is 0. The second-order valence-corrected chi connectivity index (χ2v) is 8.74. The highest BCUT2D eigenvalue weighted by molar-refractivity contribution is 5.93. The van der Waals surface area contributed by atoms with Gasteiger partial charge in [0, 0.05) is 30.5 Å². The normalized spacial score (nSPS) is 31.4. The zero-order valence-electron chi connectivity index (χ0n) is 16.3. The Bertz CT molecular complexity index is 870. The van der Waals surface area contributed by atoms with Crippen molar-refractivity contribution in [3.63, 3.8) is 0 Å². The van der Waals surface area contributed by atoms with Crippen LogP contribution in [0.1, 0.15) is 60.3 Å². The van der Waals surface area contributed by atoms with Crippen LogP contribution in [0, 0.1) is 11.7 Å². The standard InChI is InChI=1S/C22H26FN3O2/c1-13(2)19-11-18(24-28-19)22(27)26-12-17(14-3-5-16(23)6-4-14)21-20(26)15-7-9-25(21)10-8-15/h3-6,11,13,15,17,20-21H,7-10,12H2,1-2H3/t17-,20+,21+/m0/s1. The van der Waals surface area contributed by atoms with Crippen molar-refractivity contribution in [1.82, 2.24) is 15.0 Å². The minimum absolute atomic E-state index is 0.0380. The number of hydrogen-bond donors (Lipinski definition) is 0. The van der Waals surface area contributed by atoms with Crippen LogP contribution in [0.15, 0.2) is 34.9 Å². The molecule has 4 fully saturated rings. The molecule has 4 aliphatic heterocycles. The van der Waals surface area contributed by atoms with Gasteiger partial charge in [0.05, 0.1) is 6.04 Å². The fourth-order valence-corrected chi connectivity index (χ4v) is 5.47. The molecule has 0 aliphatic carbocycles. The molecule has 148 valence electrons. The number of halogens is 1. The van der Waals surface area contributed by atoms with Crippen molar-refractivity contribution in [1.29, 1.82) is 0 Å². The van der Waals surface area contributed by atoms with Crippen molar-refractivity contribution in [3.8, 4) is 0 Å². The Balaban J connectivity index is 1.49. The van der Waals surface area contributed by atoms with Crippen molar-refractivity contribution in [2.75, 3.05) is 19.6 Å². The smallest absolute Gasteiger partial charge is 0.276 e. The van der Waals surface area contributed by atoms with Crippen LogP contribution in [0.4, 0.5) is 4.39 Å². The molecule has 4 aliphatic rings. The predicted octanol–water partition coefficient (Wildman–Crippen LogP) is 3.64.